The van der Waals surface area contributed by atoms with Crippen molar-refractivity contribution in [1.82, 2.24) is 4.90 Å². The van der Waals surface area contributed by atoms with Crippen molar-refractivity contribution < 1.29 is 33.0 Å². The van der Waals surface area contributed by atoms with Gasteiger partial charge in [0.1, 0.15) is 22.8 Å². The lowest BCUT2D eigenvalue weighted by atomic mass is 9.90. The zero-order chi connectivity index (χ0) is 31.7. The lowest BCUT2D eigenvalue weighted by molar-refractivity contribution is -0.140. The molecule has 43 heavy (non-hydrogen) atoms. The maximum atomic E-state index is 13.7. The van der Waals surface area contributed by atoms with Gasteiger partial charge in [0.05, 0.1) is 22.9 Å². The molecular formula is C32H41ClFN3O6. The Labute approximate surface area is 257 Å². The fourth-order valence-electron chi connectivity index (χ4n) is 5.11. The van der Waals surface area contributed by atoms with Gasteiger partial charge in [-0.3, -0.25) is 14.6 Å². The normalized spacial score (nSPS) is 17.6. The number of amides is 3. The highest BCUT2D eigenvalue weighted by Gasteiger charge is 2.39. The molecule has 0 saturated carbocycles. The maximum Gasteiger partial charge on any atom is 0.415 e. The molecule has 2 aliphatic rings. The first-order valence-corrected chi connectivity index (χ1v) is 14.9. The van der Waals surface area contributed by atoms with Gasteiger partial charge in [-0.1, -0.05) is 23.7 Å². The van der Waals surface area contributed by atoms with Gasteiger partial charge >= 0.3 is 12.2 Å². The summed E-state index contributed by atoms with van der Waals surface area (Å²) in [5, 5.41) is 0.192. The van der Waals surface area contributed by atoms with E-state index >= 15 is 0 Å². The Morgan fingerprint density at radius 1 is 1.00 bits per heavy atom. The van der Waals surface area contributed by atoms with Crippen LogP contribution < -0.4 is 14.5 Å². The van der Waals surface area contributed by atoms with Crippen LogP contribution in [0.4, 0.5) is 25.4 Å². The standard InChI is InChI=1S/C32H41ClFN3O6/c1-31(2,3)42-29(39)35(7)24-18-26-25(17-23(24)33)37(30(40)43-32(4,5)6)19-27(41-26)28(38)36-14-12-21(13-15-36)16-20-8-10-22(34)11-9-20/h8-11,17-18,21,27H,12-16,19H2,1-7H3. The van der Waals surface area contributed by atoms with Gasteiger partial charge in [-0.05, 0) is 90.5 Å². The number of halogens is 2. The van der Waals surface area contributed by atoms with Gasteiger partial charge in [0.15, 0.2) is 6.10 Å². The number of carbonyl (C=O) groups excluding carboxylic acids is 3. The third-order valence-corrected chi connectivity index (χ3v) is 7.52. The van der Waals surface area contributed by atoms with Crippen molar-refractivity contribution in [2.24, 2.45) is 5.92 Å². The quantitative estimate of drug-likeness (QED) is 0.373. The fraction of sp³-hybridized carbons (Fsp3) is 0.531. The van der Waals surface area contributed by atoms with E-state index in [-0.39, 0.29) is 29.0 Å². The van der Waals surface area contributed by atoms with Crippen molar-refractivity contribution in [3.05, 3.63) is 52.8 Å². The van der Waals surface area contributed by atoms with Crippen LogP contribution in [0.1, 0.15) is 59.9 Å². The molecule has 234 valence electrons. The Balaban J connectivity index is 1.54. The topological polar surface area (TPSA) is 88.6 Å². The summed E-state index contributed by atoms with van der Waals surface area (Å²) < 4.78 is 30.6. The van der Waals surface area contributed by atoms with Gasteiger partial charge in [-0.15, -0.1) is 0 Å². The van der Waals surface area contributed by atoms with Gasteiger partial charge in [0.25, 0.3) is 5.91 Å². The predicted octanol–water partition coefficient (Wildman–Crippen LogP) is 6.83. The fourth-order valence-corrected chi connectivity index (χ4v) is 5.40. The molecule has 0 spiro atoms. The minimum Gasteiger partial charge on any atom is -0.476 e. The van der Waals surface area contributed by atoms with Crippen LogP contribution >= 0.6 is 11.6 Å². The average Bonchev–Trinajstić information content (AvgIpc) is 2.91. The molecule has 0 N–H and O–H groups in total. The summed E-state index contributed by atoms with van der Waals surface area (Å²) in [6.45, 7) is 11.6. The number of piperidine rings is 1. The molecule has 1 saturated heterocycles. The van der Waals surface area contributed by atoms with Gasteiger partial charge in [-0.25, -0.2) is 14.0 Å². The highest BCUT2D eigenvalue weighted by atomic mass is 35.5. The monoisotopic (exact) mass is 617 g/mol. The largest absolute Gasteiger partial charge is 0.476 e. The van der Waals surface area contributed by atoms with Crippen LogP contribution in [-0.4, -0.2) is 67.0 Å². The van der Waals surface area contributed by atoms with Crippen molar-refractivity contribution in [2.45, 2.75) is 78.1 Å². The summed E-state index contributed by atoms with van der Waals surface area (Å²) in [7, 11) is 1.52. The smallest absolute Gasteiger partial charge is 0.415 e. The van der Waals surface area contributed by atoms with Gasteiger partial charge in [0, 0.05) is 26.2 Å². The summed E-state index contributed by atoms with van der Waals surface area (Å²) in [5.41, 5.74) is 0.204. The maximum absolute atomic E-state index is 13.7. The second-order valence-electron chi connectivity index (χ2n) is 13.1. The van der Waals surface area contributed by atoms with Gasteiger partial charge in [-0.2, -0.15) is 0 Å². The molecule has 0 aromatic heterocycles. The number of hydrogen-bond donors (Lipinski definition) is 0. The average molecular weight is 618 g/mol. The zero-order valence-corrected chi connectivity index (χ0v) is 26.7. The molecular weight excluding hydrogens is 577 g/mol. The van der Waals surface area contributed by atoms with E-state index in [1.54, 1.807) is 58.6 Å². The first-order chi connectivity index (χ1) is 20.0. The number of ether oxygens (including phenoxy) is 3. The highest BCUT2D eigenvalue weighted by molar-refractivity contribution is 6.34. The van der Waals surface area contributed by atoms with E-state index in [9.17, 15) is 18.8 Å². The highest BCUT2D eigenvalue weighted by Crippen LogP contribution is 2.42. The summed E-state index contributed by atoms with van der Waals surface area (Å²) in [4.78, 5) is 44.2. The third kappa shape index (κ3) is 8.31. The van der Waals surface area contributed by atoms with E-state index < -0.39 is 29.5 Å². The number of nitrogens with zero attached hydrogens (tertiary/aromatic N) is 3. The van der Waals surface area contributed by atoms with Crippen LogP contribution in [0.3, 0.4) is 0 Å². The lowest BCUT2D eigenvalue weighted by Gasteiger charge is -2.39. The van der Waals surface area contributed by atoms with Crippen LogP contribution in [-0.2, 0) is 20.7 Å². The van der Waals surface area contributed by atoms with Crippen molar-refractivity contribution in [3.8, 4) is 5.75 Å². The molecule has 2 aliphatic heterocycles. The number of rotatable bonds is 4. The first-order valence-electron chi connectivity index (χ1n) is 14.5. The second-order valence-corrected chi connectivity index (χ2v) is 13.5. The molecule has 2 aromatic rings. The van der Waals surface area contributed by atoms with E-state index in [0.717, 1.165) is 24.8 Å². The van der Waals surface area contributed by atoms with Crippen molar-refractivity contribution in [1.29, 1.82) is 0 Å². The number of likely N-dealkylation sites (tertiary alicyclic amines) is 1. The van der Waals surface area contributed by atoms with E-state index in [4.69, 9.17) is 25.8 Å². The minimum absolute atomic E-state index is 0.0617. The predicted molar refractivity (Wildman–Crippen MR) is 163 cm³/mol. The minimum atomic E-state index is -0.991. The molecule has 11 heteroatoms. The van der Waals surface area contributed by atoms with E-state index in [1.165, 1.54) is 41.1 Å². The van der Waals surface area contributed by atoms with Crippen LogP contribution in [0.25, 0.3) is 0 Å². The molecule has 1 atom stereocenters. The second kappa shape index (κ2) is 12.6. The Morgan fingerprint density at radius 3 is 2.19 bits per heavy atom. The summed E-state index contributed by atoms with van der Waals surface area (Å²) in [6.07, 6.45) is 0.152. The Hall–Kier alpha value is -3.53. The molecule has 1 fully saturated rings. The molecule has 2 heterocycles. The number of benzene rings is 2. The van der Waals surface area contributed by atoms with Crippen LogP contribution in [0, 0.1) is 11.7 Å². The first kappa shape index (κ1) is 32.4. The number of carbonyl (C=O) groups is 3. The molecule has 1 unspecified atom stereocenters. The van der Waals surface area contributed by atoms with E-state index in [0.29, 0.717) is 30.4 Å². The number of fused-ring (bicyclic) bond motifs is 1. The number of hydrogen-bond acceptors (Lipinski definition) is 6. The summed E-state index contributed by atoms with van der Waals surface area (Å²) >= 11 is 6.60. The van der Waals surface area contributed by atoms with Crippen LogP contribution in [0.15, 0.2) is 36.4 Å². The van der Waals surface area contributed by atoms with E-state index in [1.807, 2.05) is 0 Å². The molecule has 3 amide bonds. The zero-order valence-electron chi connectivity index (χ0n) is 25.9. The third-order valence-electron chi connectivity index (χ3n) is 7.22. The van der Waals surface area contributed by atoms with Crippen molar-refractivity contribution in [2.75, 3.05) is 36.5 Å². The summed E-state index contributed by atoms with van der Waals surface area (Å²) in [6, 6.07) is 9.59. The van der Waals surface area contributed by atoms with Crippen molar-refractivity contribution in [3.63, 3.8) is 0 Å². The SMILES string of the molecule is CN(C(=O)OC(C)(C)C)c1cc2c(cc1Cl)N(C(=O)OC(C)(C)C)CC(C(=O)N1CCC(Cc3ccc(F)cc3)CC1)O2. The lowest BCUT2D eigenvalue weighted by Crippen LogP contribution is -2.54. The Kier molecular flexibility index (Phi) is 9.49. The molecule has 2 aromatic carbocycles. The molecule has 0 radical (unpaired) electrons. The molecule has 4 rings (SSSR count). The Bertz CT molecular complexity index is 1350. The van der Waals surface area contributed by atoms with Gasteiger partial charge < -0.3 is 19.1 Å². The molecule has 0 bridgehead atoms. The molecule has 0 aliphatic carbocycles. The molecule has 9 nitrogen and oxygen atoms in total. The van der Waals surface area contributed by atoms with Crippen LogP contribution in [0.2, 0.25) is 5.02 Å². The summed E-state index contributed by atoms with van der Waals surface area (Å²) in [5.74, 6) is 0.0892. The number of anilines is 2. The van der Waals surface area contributed by atoms with E-state index in [2.05, 4.69) is 0 Å². The van der Waals surface area contributed by atoms with Crippen LogP contribution in [0.5, 0.6) is 5.75 Å². The van der Waals surface area contributed by atoms with Crippen molar-refractivity contribution >= 4 is 41.1 Å². The Morgan fingerprint density at radius 2 is 1.60 bits per heavy atom. The van der Waals surface area contributed by atoms with Gasteiger partial charge in [0.2, 0.25) is 0 Å².